The molecule has 0 aliphatic carbocycles. The lowest BCUT2D eigenvalue weighted by atomic mass is 10.1. The molecular weight excluding hydrogens is 452 g/mol. The lowest BCUT2D eigenvalue weighted by Crippen LogP contribution is -2.39. The first-order valence-corrected chi connectivity index (χ1v) is 12.6. The number of hydrazone groups is 1. The smallest absolute Gasteiger partial charge is 0.260 e. The fourth-order valence-corrected chi connectivity index (χ4v) is 4.53. The van der Waals surface area contributed by atoms with Crippen LogP contribution in [0.15, 0.2) is 53.6 Å². The standard InChI is InChI=1S/C25H30N4O4S/c1-17-10-11-23(12-18(17)2)29-19(3)13-21(20(29)4)15-26-27-25(30)16-28(34(6,31)32)22-8-7-9-24(14-22)33-5/h7-15H,16H2,1-6H3,(H,27,30)/b26-15-. The highest BCUT2D eigenvalue weighted by molar-refractivity contribution is 7.92. The van der Waals surface area contributed by atoms with Crippen LogP contribution in [-0.2, 0) is 14.8 Å². The number of hydrogen-bond donors (Lipinski definition) is 1. The Labute approximate surface area is 200 Å². The third-order valence-corrected chi connectivity index (χ3v) is 6.78. The molecule has 3 aromatic rings. The van der Waals surface area contributed by atoms with Crippen LogP contribution in [0.5, 0.6) is 5.75 Å². The van der Waals surface area contributed by atoms with Gasteiger partial charge in [-0.1, -0.05) is 12.1 Å². The predicted molar refractivity (Wildman–Crippen MR) is 136 cm³/mol. The summed E-state index contributed by atoms with van der Waals surface area (Å²) in [5, 5.41) is 4.06. The molecule has 0 saturated heterocycles. The molecule has 1 amide bonds. The molecule has 0 fully saturated rings. The highest BCUT2D eigenvalue weighted by atomic mass is 32.2. The zero-order chi connectivity index (χ0) is 25.0. The summed E-state index contributed by atoms with van der Waals surface area (Å²) < 4.78 is 32.9. The van der Waals surface area contributed by atoms with E-state index in [1.807, 2.05) is 19.9 Å². The molecule has 34 heavy (non-hydrogen) atoms. The van der Waals surface area contributed by atoms with Crippen molar-refractivity contribution in [3.63, 3.8) is 0 Å². The average Bonchev–Trinajstić information content (AvgIpc) is 3.06. The molecule has 0 unspecified atom stereocenters. The van der Waals surface area contributed by atoms with Crippen molar-refractivity contribution in [1.82, 2.24) is 9.99 Å². The number of hydrogen-bond acceptors (Lipinski definition) is 5. The molecule has 1 heterocycles. The van der Waals surface area contributed by atoms with Crippen LogP contribution in [0.3, 0.4) is 0 Å². The molecule has 0 bridgehead atoms. The minimum absolute atomic E-state index is 0.331. The number of nitrogens with zero attached hydrogens (tertiary/aromatic N) is 3. The van der Waals surface area contributed by atoms with Gasteiger partial charge in [0.25, 0.3) is 5.91 Å². The molecule has 180 valence electrons. The van der Waals surface area contributed by atoms with Crippen LogP contribution in [0, 0.1) is 27.7 Å². The van der Waals surface area contributed by atoms with Gasteiger partial charge in [-0.25, -0.2) is 13.8 Å². The topological polar surface area (TPSA) is 93.0 Å². The number of sulfonamides is 1. The molecule has 2 aromatic carbocycles. The Morgan fingerprint density at radius 1 is 1.09 bits per heavy atom. The van der Waals surface area contributed by atoms with E-state index in [-0.39, 0.29) is 0 Å². The van der Waals surface area contributed by atoms with E-state index in [1.165, 1.54) is 18.2 Å². The normalized spacial score (nSPS) is 11.6. The maximum Gasteiger partial charge on any atom is 0.260 e. The van der Waals surface area contributed by atoms with Crippen LogP contribution in [0.25, 0.3) is 5.69 Å². The Balaban J connectivity index is 1.76. The number of methoxy groups -OCH3 is 1. The van der Waals surface area contributed by atoms with Crippen LogP contribution in [-0.4, -0.2) is 45.0 Å². The van der Waals surface area contributed by atoms with E-state index in [0.29, 0.717) is 11.4 Å². The quantitative estimate of drug-likeness (QED) is 0.392. The van der Waals surface area contributed by atoms with Gasteiger partial charge in [0.1, 0.15) is 12.3 Å². The highest BCUT2D eigenvalue weighted by Gasteiger charge is 2.21. The Bertz CT molecular complexity index is 1340. The molecule has 0 aliphatic heterocycles. The fraction of sp³-hybridized carbons (Fsp3) is 0.280. The Morgan fingerprint density at radius 2 is 1.82 bits per heavy atom. The number of amides is 1. The number of aromatic nitrogens is 1. The first-order chi connectivity index (χ1) is 16.0. The first kappa shape index (κ1) is 25.0. The van der Waals surface area contributed by atoms with E-state index in [9.17, 15) is 13.2 Å². The maximum absolute atomic E-state index is 12.5. The van der Waals surface area contributed by atoms with Crippen molar-refractivity contribution in [3.8, 4) is 11.4 Å². The molecular formula is C25H30N4O4S. The van der Waals surface area contributed by atoms with E-state index in [0.717, 1.165) is 33.2 Å². The molecule has 0 atom stereocenters. The number of benzene rings is 2. The second kappa shape index (κ2) is 10.1. The molecule has 0 spiro atoms. The number of carbonyl (C=O) groups is 1. The SMILES string of the molecule is COc1cccc(N(CC(=O)N/N=C\c2cc(C)n(-c3ccc(C)c(C)c3)c2C)S(C)(=O)=O)c1. The van der Waals surface area contributed by atoms with Crippen molar-refractivity contribution >= 4 is 27.8 Å². The van der Waals surface area contributed by atoms with Gasteiger partial charge in [-0.2, -0.15) is 5.10 Å². The van der Waals surface area contributed by atoms with E-state index >= 15 is 0 Å². The van der Waals surface area contributed by atoms with Gasteiger partial charge < -0.3 is 9.30 Å². The third kappa shape index (κ3) is 5.66. The summed E-state index contributed by atoms with van der Waals surface area (Å²) in [5.74, 6) is -0.0730. The number of anilines is 1. The van der Waals surface area contributed by atoms with E-state index in [2.05, 4.69) is 47.1 Å². The van der Waals surface area contributed by atoms with Crippen molar-refractivity contribution < 1.29 is 17.9 Å². The van der Waals surface area contributed by atoms with Gasteiger partial charge in [-0.3, -0.25) is 9.10 Å². The maximum atomic E-state index is 12.5. The average molecular weight is 483 g/mol. The zero-order valence-corrected chi connectivity index (χ0v) is 21.1. The molecule has 9 heteroatoms. The zero-order valence-electron chi connectivity index (χ0n) is 20.3. The molecule has 0 radical (unpaired) electrons. The second-order valence-corrected chi connectivity index (χ2v) is 10.1. The number of rotatable bonds is 8. The number of aryl methyl sites for hydroxylation is 3. The number of carbonyl (C=O) groups excluding carboxylic acids is 1. The van der Waals surface area contributed by atoms with Gasteiger partial charge in [0, 0.05) is 28.7 Å². The third-order valence-electron chi connectivity index (χ3n) is 5.64. The van der Waals surface area contributed by atoms with Gasteiger partial charge >= 0.3 is 0 Å². The van der Waals surface area contributed by atoms with Crippen LogP contribution in [0.2, 0.25) is 0 Å². The summed E-state index contributed by atoms with van der Waals surface area (Å²) in [6.07, 6.45) is 2.61. The summed E-state index contributed by atoms with van der Waals surface area (Å²) >= 11 is 0. The van der Waals surface area contributed by atoms with Crippen molar-refractivity contribution in [3.05, 3.63) is 76.6 Å². The van der Waals surface area contributed by atoms with Crippen molar-refractivity contribution in [2.45, 2.75) is 27.7 Å². The van der Waals surface area contributed by atoms with Crippen molar-refractivity contribution in [1.29, 1.82) is 0 Å². The molecule has 8 nitrogen and oxygen atoms in total. The molecule has 0 aliphatic rings. The summed E-state index contributed by atoms with van der Waals surface area (Å²) in [7, 11) is -2.21. The van der Waals surface area contributed by atoms with E-state index in [1.54, 1.807) is 30.5 Å². The molecule has 3 rings (SSSR count). The van der Waals surface area contributed by atoms with Gasteiger partial charge in [0.2, 0.25) is 10.0 Å². The summed E-state index contributed by atoms with van der Waals surface area (Å²) in [5.41, 5.74) is 9.12. The van der Waals surface area contributed by atoms with Crippen LogP contribution < -0.4 is 14.5 Å². The molecule has 1 N–H and O–H groups in total. The largest absolute Gasteiger partial charge is 0.497 e. The van der Waals surface area contributed by atoms with Crippen LogP contribution in [0.4, 0.5) is 5.69 Å². The summed E-state index contributed by atoms with van der Waals surface area (Å²) in [6.45, 7) is 7.74. The first-order valence-electron chi connectivity index (χ1n) is 10.7. The highest BCUT2D eigenvalue weighted by Crippen LogP contribution is 2.23. The minimum Gasteiger partial charge on any atom is -0.497 e. The van der Waals surface area contributed by atoms with E-state index < -0.39 is 22.5 Å². The Morgan fingerprint density at radius 3 is 2.47 bits per heavy atom. The Kier molecular flexibility index (Phi) is 7.46. The lowest BCUT2D eigenvalue weighted by Gasteiger charge is -2.21. The fourth-order valence-electron chi connectivity index (χ4n) is 3.69. The number of nitrogens with one attached hydrogen (secondary N) is 1. The van der Waals surface area contributed by atoms with Crippen LogP contribution in [0.1, 0.15) is 28.1 Å². The monoisotopic (exact) mass is 482 g/mol. The van der Waals surface area contributed by atoms with E-state index in [4.69, 9.17) is 4.74 Å². The second-order valence-electron chi connectivity index (χ2n) is 8.19. The lowest BCUT2D eigenvalue weighted by molar-refractivity contribution is -0.119. The van der Waals surface area contributed by atoms with Crippen LogP contribution >= 0.6 is 0 Å². The predicted octanol–water partition coefficient (Wildman–Crippen LogP) is 3.64. The van der Waals surface area contributed by atoms with Gasteiger partial charge in [-0.05, 0) is 69.2 Å². The molecule has 1 aromatic heterocycles. The minimum atomic E-state index is -3.70. The van der Waals surface area contributed by atoms with Gasteiger partial charge in [0.15, 0.2) is 0 Å². The van der Waals surface area contributed by atoms with Gasteiger partial charge in [-0.15, -0.1) is 0 Å². The molecule has 0 saturated carbocycles. The van der Waals surface area contributed by atoms with Gasteiger partial charge in [0.05, 0.1) is 25.3 Å². The Hall–Kier alpha value is -3.59. The summed E-state index contributed by atoms with van der Waals surface area (Å²) in [4.78, 5) is 12.5. The number of ether oxygens (including phenoxy) is 1. The van der Waals surface area contributed by atoms with Crippen molar-refractivity contribution in [2.75, 3.05) is 24.2 Å². The summed E-state index contributed by atoms with van der Waals surface area (Å²) in [6, 6.07) is 14.8. The van der Waals surface area contributed by atoms with Crippen molar-refractivity contribution in [2.24, 2.45) is 5.10 Å².